The van der Waals surface area contributed by atoms with Gasteiger partial charge in [-0.1, -0.05) is 38.1 Å². The SMILES string of the molecule is CC(C)Cc1ccc(CC(=O)N2CC[C@@H]3CNC[C@@H]3CC2)cc1.Cl. The molecule has 0 unspecified atom stereocenters. The molecule has 2 atom stereocenters. The summed E-state index contributed by atoms with van der Waals surface area (Å²) in [7, 11) is 0. The molecule has 134 valence electrons. The number of fused-ring (bicyclic) bond motifs is 1. The van der Waals surface area contributed by atoms with Crippen LogP contribution < -0.4 is 5.32 Å². The highest BCUT2D eigenvalue weighted by Gasteiger charge is 2.31. The Balaban J connectivity index is 0.00000208. The zero-order valence-electron chi connectivity index (χ0n) is 15.0. The van der Waals surface area contributed by atoms with Crippen molar-refractivity contribution in [2.45, 2.75) is 39.5 Å². The Kier molecular flexibility index (Phi) is 7.12. The topological polar surface area (TPSA) is 32.3 Å². The molecule has 0 radical (unpaired) electrons. The highest BCUT2D eigenvalue weighted by atomic mass is 35.5. The summed E-state index contributed by atoms with van der Waals surface area (Å²) in [6.45, 7) is 8.64. The van der Waals surface area contributed by atoms with Crippen LogP contribution in [0.4, 0.5) is 0 Å². The molecule has 24 heavy (non-hydrogen) atoms. The van der Waals surface area contributed by atoms with Crippen molar-refractivity contribution >= 4 is 18.3 Å². The molecule has 3 nitrogen and oxygen atoms in total. The second kappa shape index (κ2) is 8.87. The molecule has 0 aromatic heterocycles. The van der Waals surface area contributed by atoms with Crippen molar-refractivity contribution in [2.75, 3.05) is 26.2 Å². The maximum absolute atomic E-state index is 12.6. The molecule has 0 saturated carbocycles. The Morgan fingerprint density at radius 1 is 1.08 bits per heavy atom. The number of hydrogen-bond donors (Lipinski definition) is 1. The van der Waals surface area contributed by atoms with Crippen LogP contribution in [0, 0.1) is 17.8 Å². The van der Waals surface area contributed by atoms with Gasteiger partial charge in [-0.15, -0.1) is 12.4 Å². The summed E-state index contributed by atoms with van der Waals surface area (Å²) in [5.74, 6) is 2.54. The van der Waals surface area contributed by atoms with E-state index < -0.39 is 0 Å². The van der Waals surface area contributed by atoms with Crippen molar-refractivity contribution < 1.29 is 4.79 Å². The van der Waals surface area contributed by atoms with Crippen molar-refractivity contribution in [3.63, 3.8) is 0 Å². The maximum Gasteiger partial charge on any atom is 0.226 e. The van der Waals surface area contributed by atoms with Crippen LogP contribution in [0.3, 0.4) is 0 Å². The second-order valence-corrected chi connectivity index (χ2v) is 7.73. The number of hydrogen-bond acceptors (Lipinski definition) is 2. The van der Waals surface area contributed by atoms with E-state index >= 15 is 0 Å². The molecule has 0 spiro atoms. The van der Waals surface area contributed by atoms with Gasteiger partial charge in [-0.05, 0) is 61.2 Å². The van der Waals surface area contributed by atoms with Gasteiger partial charge in [0.1, 0.15) is 0 Å². The molecular formula is C20H31ClN2O. The minimum Gasteiger partial charge on any atom is -0.342 e. The summed E-state index contributed by atoms with van der Waals surface area (Å²) >= 11 is 0. The molecule has 2 aliphatic rings. The smallest absolute Gasteiger partial charge is 0.226 e. The molecule has 1 N–H and O–H groups in total. The molecule has 2 heterocycles. The van der Waals surface area contributed by atoms with Crippen LogP contribution in [-0.2, 0) is 17.6 Å². The number of benzene rings is 1. The number of rotatable bonds is 4. The molecular weight excluding hydrogens is 320 g/mol. The van der Waals surface area contributed by atoms with Gasteiger partial charge in [0.15, 0.2) is 0 Å². The van der Waals surface area contributed by atoms with E-state index in [1.54, 1.807) is 0 Å². The van der Waals surface area contributed by atoms with Crippen molar-refractivity contribution in [2.24, 2.45) is 17.8 Å². The van der Waals surface area contributed by atoms with Crippen LogP contribution in [-0.4, -0.2) is 37.0 Å². The third-order valence-electron chi connectivity index (χ3n) is 5.39. The van der Waals surface area contributed by atoms with Crippen molar-refractivity contribution in [3.8, 4) is 0 Å². The first-order valence-corrected chi connectivity index (χ1v) is 9.18. The summed E-state index contributed by atoms with van der Waals surface area (Å²) in [6.07, 6.45) is 3.99. The van der Waals surface area contributed by atoms with Gasteiger partial charge in [-0.25, -0.2) is 0 Å². The molecule has 4 heteroatoms. The minimum atomic E-state index is 0. The average molecular weight is 351 g/mol. The Morgan fingerprint density at radius 2 is 1.62 bits per heavy atom. The van der Waals surface area contributed by atoms with E-state index in [0.29, 0.717) is 18.2 Å². The van der Waals surface area contributed by atoms with Gasteiger partial charge in [0.25, 0.3) is 0 Å². The van der Waals surface area contributed by atoms with Crippen LogP contribution in [0.5, 0.6) is 0 Å². The van der Waals surface area contributed by atoms with Gasteiger partial charge in [0, 0.05) is 13.1 Å². The quantitative estimate of drug-likeness (QED) is 0.903. The fraction of sp³-hybridized carbons (Fsp3) is 0.650. The molecule has 2 aliphatic heterocycles. The lowest BCUT2D eigenvalue weighted by atomic mass is 9.92. The first-order chi connectivity index (χ1) is 11.1. The highest BCUT2D eigenvalue weighted by Crippen LogP contribution is 2.27. The van der Waals surface area contributed by atoms with E-state index in [9.17, 15) is 4.79 Å². The zero-order valence-corrected chi connectivity index (χ0v) is 15.8. The van der Waals surface area contributed by atoms with E-state index in [0.717, 1.165) is 62.8 Å². The normalized spacial score (nSPS) is 23.5. The minimum absolute atomic E-state index is 0. The summed E-state index contributed by atoms with van der Waals surface area (Å²) in [4.78, 5) is 14.7. The van der Waals surface area contributed by atoms with E-state index in [1.165, 1.54) is 5.56 Å². The number of amides is 1. The molecule has 2 saturated heterocycles. The summed E-state index contributed by atoms with van der Waals surface area (Å²) in [6, 6.07) is 8.63. The first kappa shape index (κ1) is 19.3. The van der Waals surface area contributed by atoms with Crippen molar-refractivity contribution in [1.29, 1.82) is 0 Å². The lowest BCUT2D eigenvalue weighted by Gasteiger charge is -2.21. The van der Waals surface area contributed by atoms with Crippen molar-refractivity contribution in [1.82, 2.24) is 10.2 Å². The number of carbonyl (C=O) groups is 1. The van der Waals surface area contributed by atoms with E-state index in [1.807, 2.05) is 0 Å². The van der Waals surface area contributed by atoms with Crippen LogP contribution in [0.2, 0.25) is 0 Å². The Hall–Kier alpha value is -1.06. The standard InChI is InChI=1S/C20H30N2O.ClH/c1-15(2)11-16-3-5-17(6-4-16)12-20(23)22-9-7-18-13-21-14-19(18)8-10-22;/h3-6,15,18-19,21H,7-14H2,1-2H3;1H/t18-,19+;. The number of halogens is 1. The van der Waals surface area contributed by atoms with Gasteiger partial charge in [-0.2, -0.15) is 0 Å². The van der Waals surface area contributed by atoms with Crippen LogP contribution in [0.15, 0.2) is 24.3 Å². The van der Waals surface area contributed by atoms with Crippen LogP contribution in [0.25, 0.3) is 0 Å². The van der Waals surface area contributed by atoms with Gasteiger partial charge in [-0.3, -0.25) is 4.79 Å². The lowest BCUT2D eigenvalue weighted by Crippen LogP contribution is -2.33. The number of nitrogens with one attached hydrogen (secondary N) is 1. The second-order valence-electron chi connectivity index (χ2n) is 7.73. The summed E-state index contributed by atoms with van der Waals surface area (Å²) in [5, 5.41) is 3.49. The maximum atomic E-state index is 12.6. The molecule has 1 aromatic rings. The molecule has 1 aromatic carbocycles. The van der Waals surface area contributed by atoms with Gasteiger partial charge in [0.05, 0.1) is 6.42 Å². The lowest BCUT2D eigenvalue weighted by molar-refractivity contribution is -0.130. The molecule has 2 fully saturated rings. The Bertz CT molecular complexity index is 515. The largest absolute Gasteiger partial charge is 0.342 e. The molecule has 0 aliphatic carbocycles. The Labute approximate surface area is 152 Å². The molecule has 3 rings (SSSR count). The van der Waals surface area contributed by atoms with Crippen LogP contribution in [0.1, 0.15) is 37.8 Å². The molecule has 1 amide bonds. The summed E-state index contributed by atoms with van der Waals surface area (Å²) in [5.41, 5.74) is 2.51. The van der Waals surface area contributed by atoms with Gasteiger partial charge >= 0.3 is 0 Å². The number of nitrogens with zero attached hydrogens (tertiary/aromatic N) is 1. The van der Waals surface area contributed by atoms with Gasteiger partial charge in [0.2, 0.25) is 5.91 Å². The first-order valence-electron chi connectivity index (χ1n) is 9.18. The average Bonchev–Trinajstić information content (AvgIpc) is 2.87. The third kappa shape index (κ3) is 4.97. The Morgan fingerprint density at radius 3 is 2.17 bits per heavy atom. The fourth-order valence-electron chi connectivity index (χ4n) is 4.02. The van der Waals surface area contributed by atoms with E-state index in [4.69, 9.17) is 0 Å². The predicted molar refractivity (Wildman–Crippen MR) is 102 cm³/mol. The fourth-order valence-corrected chi connectivity index (χ4v) is 4.02. The third-order valence-corrected chi connectivity index (χ3v) is 5.39. The monoisotopic (exact) mass is 350 g/mol. The van der Waals surface area contributed by atoms with Gasteiger partial charge < -0.3 is 10.2 Å². The van der Waals surface area contributed by atoms with E-state index in [-0.39, 0.29) is 12.4 Å². The number of carbonyl (C=O) groups excluding carboxylic acids is 1. The molecule has 0 bridgehead atoms. The summed E-state index contributed by atoms with van der Waals surface area (Å²) < 4.78 is 0. The van der Waals surface area contributed by atoms with Crippen molar-refractivity contribution in [3.05, 3.63) is 35.4 Å². The zero-order chi connectivity index (χ0) is 16.2. The van der Waals surface area contributed by atoms with Crippen LogP contribution >= 0.6 is 12.4 Å². The predicted octanol–water partition coefficient (Wildman–Crippen LogP) is 3.31. The van der Waals surface area contributed by atoms with E-state index in [2.05, 4.69) is 48.3 Å². The highest BCUT2D eigenvalue weighted by molar-refractivity contribution is 5.85. The number of likely N-dealkylation sites (tertiary alicyclic amines) is 1.